The van der Waals surface area contributed by atoms with Crippen molar-refractivity contribution in [2.75, 3.05) is 5.32 Å². The number of hydrogen-bond acceptors (Lipinski definition) is 3. The van der Waals surface area contributed by atoms with Crippen molar-refractivity contribution in [1.29, 1.82) is 0 Å². The number of rotatable bonds is 6. The van der Waals surface area contributed by atoms with Crippen molar-refractivity contribution in [2.45, 2.75) is 26.9 Å². The number of amides is 1. The van der Waals surface area contributed by atoms with Gasteiger partial charge in [0.1, 0.15) is 5.82 Å². The summed E-state index contributed by atoms with van der Waals surface area (Å²) in [6.45, 7) is 5.87. The zero-order chi connectivity index (χ0) is 19.5. The Hall–Kier alpha value is -3.41. The summed E-state index contributed by atoms with van der Waals surface area (Å²) in [7, 11) is 0. The van der Waals surface area contributed by atoms with Crippen molar-refractivity contribution in [2.24, 2.45) is 5.92 Å². The molecule has 0 saturated carbocycles. The first-order valence-electron chi connectivity index (χ1n) is 9.43. The van der Waals surface area contributed by atoms with Gasteiger partial charge in [0.05, 0.1) is 17.6 Å². The second-order valence-corrected chi connectivity index (χ2v) is 7.26. The first-order chi connectivity index (χ1) is 13.6. The van der Waals surface area contributed by atoms with Gasteiger partial charge in [-0.1, -0.05) is 32.0 Å². The van der Waals surface area contributed by atoms with E-state index in [0.29, 0.717) is 18.0 Å². The maximum absolute atomic E-state index is 12.4. The lowest BCUT2D eigenvalue weighted by Crippen LogP contribution is -2.12. The van der Waals surface area contributed by atoms with Crippen LogP contribution in [0.3, 0.4) is 0 Å². The van der Waals surface area contributed by atoms with Crippen LogP contribution in [0, 0.1) is 5.92 Å². The van der Waals surface area contributed by atoms with E-state index in [9.17, 15) is 4.79 Å². The highest BCUT2D eigenvalue weighted by atomic mass is 16.1. The predicted octanol–water partition coefficient (Wildman–Crippen LogP) is 4.19. The van der Waals surface area contributed by atoms with Gasteiger partial charge in [0.15, 0.2) is 0 Å². The SMILES string of the molecule is CC(C)Cn1c(Cn2cccn2)nc2cc(NC(=O)c3ccccc3)ccc21. The van der Waals surface area contributed by atoms with E-state index in [4.69, 9.17) is 4.98 Å². The summed E-state index contributed by atoms with van der Waals surface area (Å²) >= 11 is 0. The smallest absolute Gasteiger partial charge is 0.255 e. The quantitative estimate of drug-likeness (QED) is 0.551. The maximum atomic E-state index is 12.4. The van der Waals surface area contributed by atoms with Crippen LogP contribution in [0.15, 0.2) is 67.0 Å². The first kappa shape index (κ1) is 18.0. The minimum Gasteiger partial charge on any atom is -0.326 e. The number of anilines is 1. The van der Waals surface area contributed by atoms with Gasteiger partial charge in [0, 0.05) is 30.2 Å². The Balaban J connectivity index is 1.66. The molecule has 0 fully saturated rings. The van der Waals surface area contributed by atoms with Crippen molar-refractivity contribution in [3.8, 4) is 0 Å². The van der Waals surface area contributed by atoms with Crippen LogP contribution in [0.1, 0.15) is 30.0 Å². The van der Waals surface area contributed by atoms with Crippen LogP contribution in [0.4, 0.5) is 5.69 Å². The van der Waals surface area contributed by atoms with Crippen molar-refractivity contribution in [3.63, 3.8) is 0 Å². The van der Waals surface area contributed by atoms with Gasteiger partial charge in [-0.25, -0.2) is 4.98 Å². The van der Waals surface area contributed by atoms with Crippen LogP contribution >= 0.6 is 0 Å². The molecular formula is C22H23N5O. The number of carbonyl (C=O) groups is 1. The molecule has 1 N–H and O–H groups in total. The summed E-state index contributed by atoms with van der Waals surface area (Å²) < 4.78 is 4.11. The van der Waals surface area contributed by atoms with Crippen LogP contribution in [-0.4, -0.2) is 25.2 Å². The fourth-order valence-electron chi connectivity index (χ4n) is 3.28. The summed E-state index contributed by atoms with van der Waals surface area (Å²) in [5.74, 6) is 1.32. The van der Waals surface area contributed by atoms with Gasteiger partial charge >= 0.3 is 0 Å². The fraction of sp³-hybridized carbons (Fsp3) is 0.227. The number of aromatic nitrogens is 4. The summed E-state index contributed by atoms with van der Waals surface area (Å²) in [6.07, 6.45) is 3.71. The Morgan fingerprint density at radius 2 is 1.93 bits per heavy atom. The standard InChI is InChI=1S/C22H23N5O/c1-16(2)14-27-20-10-9-18(24-22(28)17-7-4-3-5-8-17)13-19(20)25-21(27)15-26-12-6-11-23-26/h3-13,16H,14-15H2,1-2H3,(H,24,28). The Kier molecular flexibility index (Phi) is 4.93. The Labute approximate surface area is 163 Å². The van der Waals surface area contributed by atoms with Crippen LogP contribution < -0.4 is 5.32 Å². The van der Waals surface area contributed by atoms with Gasteiger partial charge in [0.2, 0.25) is 0 Å². The lowest BCUT2D eigenvalue weighted by molar-refractivity contribution is 0.102. The van der Waals surface area contributed by atoms with Crippen molar-refractivity contribution >= 4 is 22.6 Å². The fourth-order valence-corrected chi connectivity index (χ4v) is 3.28. The normalized spacial score (nSPS) is 11.2. The van der Waals surface area contributed by atoms with E-state index in [1.165, 1.54) is 0 Å². The molecule has 6 nitrogen and oxygen atoms in total. The summed E-state index contributed by atoms with van der Waals surface area (Å²) in [6, 6.07) is 17.0. The van der Waals surface area contributed by atoms with Gasteiger partial charge < -0.3 is 9.88 Å². The third-order valence-electron chi connectivity index (χ3n) is 4.53. The van der Waals surface area contributed by atoms with Crippen LogP contribution in [0.5, 0.6) is 0 Å². The Bertz CT molecular complexity index is 1080. The molecule has 2 heterocycles. The molecule has 0 atom stereocenters. The number of nitrogens with one attached hydrogen (secondary N) is 1. The molecule has 0 bridgehead atoms. The van der Waals surface area contributed by atoms with Gasteiger partial charge in [-0.15, -0.1) is 0 Å². The molecule has 142 valence electrons. The Morgan fingerprint density at radius 3 is 2.64 bits per heavy atom. The molecule has 2 aromatic heterocycles. The molecule has 0 aliphatic carbocycles. The molecule has 0 unspecified atom stereocenters. The third-order valence-corrected chi connectivity index (χ3v) is 4.53. The van der Waals surface area contributed by atoms with E-state index in [-0.39, 0.29) is 5.91 Å². The van der Waals surface area contributed by atoms with Crippen molar-refractivity contribution in [3.05, 3.63) is 78.4 Å². The molecule has 0 aliphatic heterocycles. The molecule has 0 spiro atoms. The zero-order valence-electron chi connectivity index (χ0n) is 16.0. The number of carbonyl (C=O) groups excluding carboxylic acids is 1. The number of fused-ring (bicyclic) bond motifs is 1. The lowest BCUT2D eigenvalue weighted by atomic mass is 10.2. The van der Waals surface area contributed by atoms with E-state index in [1.807, 2.05) is 53.3 Å². The van der Waals surface area contributed by atoms with Crippen LogP contribution in [0.25, 0.3) is 11.0 Å². The first-order valence-corrected chi connectivity index (χ1v) is 9.43. The molecule has 4 rings (SSSR count). The maximum Gasteiger partial charge on any atom is 0.255 e. The average Bonchev–Trinajstić information content (AvgIpc) is 3.31. The van der Waals surface area contributed by atoms with Gasteiger partial charge in [-0.3, -0.25) is 9.48 Å². The minimum atomic E-state index is -0.127. The molecule has 0 radical (unpaired) electrons. The minimum absolute atomic E-state index is 0.127. The third kappa shape index (κ3) is 3.81. The second kappa shape index (κ2) is 7.68. The molecule has 0 aliphatic rings. The highest BCUT2D eigenvalue weighted by molar-refractivity contribution is 6.04. The van der Waals surface area contributed by atoms with Crippen molar-refractivity contribution < 1.29 is 4.79 Å². The second-order valence-electron chi connectivity index (χ2n) is 7.26. The molecular weight excluding hydrogens is 350 g/mol. The number of nitrogens with zero attached hydrogens (tertiary/aromatic N) is 4. The predicted molar refractivity (Wildman–Crippen MR) is 110 cm³/mol. The number of benzene rings is 2. The molecule has 6 heteroatoms. The molecule has 4 aromatic rings. The summed E-state index contributed by atoms with van der Waals surface area (Å²) in [5, 5.41) is 7.26. The lowest BCUT2D eigenvalue weighted by Gasteiger charge is -2.12. The highest BCUT2D eigenvalue weighted by Crippen LogP contribution is 2.23. The molecule has 1 amide bonds. The van der Waals surface area contributed by atoms with E-state index >= 15 is 0 Å². The Morgan fingerprint density at radius 1 is 1.11 bits per heavy atom. The van der Waals surface area contributed by atoms with Crippen molar-refractivity contribution in [1.82, 2.24) is 19.3 Å². The topological polar surface area (TPSA) is 64.7 Å². The molecule has 0 saturated heterocycles. The summed E-state index contributed by atoms with van der Waals surface area (Å²) in [4.78, 5) is 17.3. The average molecular weight is 373 g/mol. The molecule has 28 heavy (non-hydrogen) atoms. The summed E-state index contributed by atoms with van der Waals surface area (Å²) in [5.41, 5.74) is 3.30. The zero-order valence-corrected chi connectivity index (χ0v) is 16.0. The van der Waals surface area contributed by atoms with Gasteiger partial charge in [-0.05, 0) is 42.3 Å². The van der Waals surface area contributed by atoms with E-state index in [0.717, 1.165) is 29.1 Å². The van der Waals surface area contributed by atoms with Gasteiger partial charge in [-0.2, -0.15) is 5.10 Å². The van der Waals surface area contributed by atoms with Crippen LogP contribution in [0.2, 0.25) is 0 Å². The van der Waals surface area contributed by atoms with E-state index < -0.39 is 0 Å². The van der Waals surface area contributed by atoms with Crippen LogP contribution in [-0.2, 0) is 13.1 Å². The number of hydrogen-bond donors (Lipinski definition) is 1. The molecule has 2 aromatic carbocycles. The monoisotopic (exact) mass is 373 g/mol. The highest BCUT2D eigenvalue weighted by Gasteiger charge is 2.14. The van der Waals surface area contributed by atoms with E-state index in [1.54, 1.807) is 18.3 Å². The number of imidazole rings is 1. The largest absolute Gasteiger partial charge is 0.326 e. The van der Waals surface area contributed by atoms with Gasteiger partial charge in [0.25, 0.3) is 5.91 Å². The van der Waals surface area contributed by atoms with E-state index in [2.05, 4.69) is 28.8 Å².